The maximum atomic E-state index is 14.8. The average Bonchev–Trinajstić information content (AvgIpc) is 2.92. The van der Waals surface area contributed by atoms with Gasteiger partial charge in [-0.3, -0.25) is 9.79 Å². The number of nitrogens with zero attached hydrogens (tertiary/aromatic N) is 1. The van der Waals surface area contributed by atoms with E-state index in [4.69, 9.17) is 21.7 Å². The molecule has 0 fully saturated rings. The number of fused-ring (bicyclic) bond motifs is 1. The molecule has 5 nitrogen and oxygen atoms in total. The molecule has 4 rings (SSSR count). The van der Waals surface area contributed by atoms with Gasteiger partial charge in [0.2, 0.25) is 5.82 Å². The second kappa shape index (κ2) is 12.8. The Morgan fingerprint density at radius 3 is 2.77 bits per heavy atom. The fourth-order valence-electron chi connectivity index (χ4n) is 4.51. The highest BCUT2D eigenvalue weighted by atomic mass is 35.5. The lowest BCUT2D eigenvalue weighted by Crippen LogP contribution is -2.18. The van der Waals surface area contributed by atoms with Gasteiger partial charge in [0.05, 0.1) is 23.5 Å². The molecule has 8 heteroatoms. The number of Topliss-reactive ketones (excluding diaryl/α,β-unsaturated/α-hetero) is 1. The van der Waals surface area contributed by atoms with Gasteiger partial charge < -0.3 is 15.5 Å². The number of methoxy groups -OCH3 is 1. The third-order valence-electron chi connectivity index (χ3n) is 6.81. The third-order valence-corrected chi connectivity index (χ3v) is 7.12. The molecule has 1 aliphatic heterocycles. The molecule has 0 unspecified atom stereocenters. The van der Waals surface area contributed by atoms with Gasteiger partial charge in [0.1, 0.15) is 0 Å². The molecule has 1 heterocycles. The Morgan fingerprint density at radius 2 is 2.05 bits per heavy atom. The van der Waals surface area contributed by atoms with Crippen LogP contribution < -0.4 is 10.1 Å². The monoisotopic (exact) mass is 561 g/mol. The lowest BCUT2D eigenvalue weighted by molar-refractivity contribution is 0.0999. The molecule has 0 radical (unpaired) electrons. The molecule has 0 saturated heterocycles. The first-order valence-corrected chi connectivity index (χ1v) is 13.2. The van der Waals surface area contributed by atoms with Crippen molar-refractivity contribution >= 4 is 40.1 Å². The predicted octanol–water partition coefficient (Wildman–Crippen LogP) is 8.50. The molecule has 0 spiro atoms. The van der Waals surface area contributed by atoms with Crippen molar-refractivity contribution in [1.82, 2.24) is 0 Å². The topological polar surface area (TPSA) is 74.5 Å². The molecule has 0 aromatic heterocycles. The normalized spacial score (nSPS) is 18.7. The van der Waals surface area contributed by atoms with Gasteiger partial charge in [-0.15, -0.1) is 6.58 Å². The molecular weight excluding hydrogens is 532 g/mol. The lowest BCUT2D eigenvalue weighted by Gasteiger charge is -2.22. The zero-order valence-electron chi connectivity index (χ0n) is 22.4. The van der Waals surface area contributed by atoms with Gasteiger partial charge in [-0.2, -0.15) is 4.39 Å². The number of carbonyl (C=O) groups is 1. The highest BCUT2D eigenvalue weighted by molar-refractivity contribution is 6.34. The van der Waals surface area contributed by atoms with E-state index in [0.29, 0.717) is 47.5 Å². The summed E-state index contributed by atoms with van der Waals surface area (Å²) >= 11 is 6.49. The van der Waals surface area contributed by atoms with E-state index in [1.165, 1.54) is 19.2 Å². The third kappa shape index (κ3) is 6.37. The molecule has 2 aromatic rings. The summed E-state index contributed by atoms with van der Waals surface area (Å²) < 4.78 is 34.0. The van der Waals surface area contributed by atoms with E-state index in [9.17, 15) is 13.6 Å². The fraction of sp³-hybridized carbons (Fsp3) is 0.219. The lowest BCUT2D eigenvalue weighted by atomic mass is 9.91. The van der Waals surface area contributed by atoms with Crippen LogP contribution in [0, 0.1) is 23.0 Å². The summed E-state index contributed by atoms with van der Waals surface area (Å²) in [7, 11) is 1.29. The molecule has 0 bridgehead atoms. The Morgan fingerprint density at radius 1 is 1.25 bits per heavy atom. The van der Waals surface area contributed by atoms with E-state index in [1.807, 2.05) is 31.2 Å². The number of anilines is 1. The van der Waals surface area contributed by atoms with E-state index in [1.54, 1.807) is 30.5 Å². The molecule has 2 N–H and O–H groups in total. The van der Waals surface area contributed by atoms with Crippen LogP contribution in [0.3, 0.4) is 0 Å². The SMILES string of the molecule is C=CC[C@H](C)C(=N)CC(=O)c1ccc(N/C2=C\C/C=C\C=C3\CC(c4ccc(OC)c(F)c4F)=CN=C32)cc1Cl. The predicted molar refractivity (Wildman–Crippen MR) is 159 cm³/mol. The van der Waals surface area contributed by atoms with Crippen LogP contribution in [0.1, 0.15) is 48.5 Å². The minimum atomic E-state index is -1.04. The number of rotatable bonds is 10. The van der Waals surface area contributed by atoms with Crippen molar-refractivity contribution in [2.24, 2.45) is 10.9 Å². The van der Waals surface area contributed by atoms with Crippen molar-refractivity contribution < 1.29 is 18.3 Å². The first kappa shape index (κ1) is 28.9. The van der Waals surface area contributed by atoms with Gasteiger partial charge in [0, 0.05) is 41.6 Å². The van der Waals surface area contributed by atoms with Crippen LogP contribution in [-0.2, 0) is 0 Å². The number of halogens is 3. The van der Waals surface area contributed by atoms with Gasteiger partial charge in [0.15, 0.2) is 17.3 Å². The Bertz CT molecular complexity index is 1520. The maximum Gasteiger partial charge on any atom is 0.201 e. The quantitative estimate of drug-likeness (QED) is 0.173. The van der Waals surface area contributed by atoms with Crippen LogP contribution in [0.5, 0.6) is 5.75 Å². The first-order chi connectivity index (χ1) is 19.2. The summed E-state index contributed by atoms with van der Waals surface area (Å²) in [5, 5.41) is 11.8. The van der Waals surface area contributed by atoms with Crippen LogP contribution in [0.2, 0.25) is 5.02 Å². The van der Waals surface area contributed by atoms with E-state index < -0.39 is 11.6 Å². The molecule has 0 amide bonds. The number of aliphatic imine (C=N–C) groups is 1. The molecule has 2 aliphatic rings. The maximum absolute atomic E-state index is 14.8. The van der Waals surface area contributed by atoms with E-state index >= 15 is 0 Å². The van der Waals surface area contributed by atoms with Crippen LogP contribution in [0.25, 0.3) is 5.57 Å². The zero-order chi connectivity index (χ0) is 28.8. The number of ketones is 1. The largest absolute Gasteiger partial charge is 0.494 e. The average molecular weight is 562 g/mol. The van der Waals surface area contributed by atoms with Crippen LogP contribution >= 0.6 is 11.6 Å². The van der Waals surface area contributed by atoms with Crippen molar-refractivity contribution in [3.63, 3.8) is 0 Å². The minimum absolute atomic E-state index is 0.00267. The van der Waals surface area contributed by atoms with E-state index in [0.717, 1.165) is 11.3 Å². The van der Waals surface area contributed by atoms with Crippen LogP contribution in [0.15, 0.2) is 89.8 Å². The zero-order valence-corrected chi connectivity index (χ0v) is 23.1. The van der Waals surface area contributed by atoms with Gasteiger partial charge in [-0.05, 0) is 60.2 Å². The number of benzene rings is 2. The Balaban J connectivity index is 1.57. The second-order valence-electron chi connectivity index (χ2n) is 9.60. The Kier molecular flexibility index (Phi) is 9.27. The van der Waals surface area contributed by atoms with Gasteiger partial charge in [0.25, 0.3) is 0 Å². The summed E-state index contributed by atoms with van der Waals surface area (Å²) in [6.07, 6.45) is 12.7. The highest BCUT2D eigenvalue weighted by Crippen LogP contribution is 2.35. The number of nitrogens with one attached hydrogen (secondary N) is 2. The summed E-state index contributed by atoms with van der Waals surface area (Å²) in [4.78, 5) is 17.4. The fourth-order valence-corrected chi connectivity index (χ4v) is 4.79. The number of carbonyl (C=O) groups excluding carboxylic acids is 1. The Hall–Kier alpha value is -4.10. The van der Waals surface area contributed by atoms with Crippen molar-refractivity contribution in [2.45, 2.75) is 32.6 Å². The Labute approximate surface area is 237 Å². The van der Waals surface area contributed by atoms with Crippen LogP contribution in [-0.4, -0.2) is 24.3 Å². The summed E-state index contributed by atoms with van der Waals surface area (Å²) in [6, 6.07) is 7.97. The molecule has 1 aliphatic carbocycles. The highest BCUT2D eigenvalue weighted by Gasteiger charge is 2.24. The first-order valence-electron chi connectivity index (χ1n) is 12.9. The van der Waals surface area contributed by atoms with Crippen molar-refractivity contribution in [3.8, 4) is 5.75 Å². The van der Waals surface area contributed by atoms with E-state index in [-0.39, 0.29) is 34.5 Å². The molecule has 2 aromatic carbocycles. The van der Waals surface area contributed by atoms with Gasteiger partial charge >= 0.3 is 0 Å². The molecule has 206 valence electrons. The van der Waals surface area contributed by atoms with E-state index in [2.05, 4.69) is 16.9 Å². The molecule has 1 atom stereocenters. The van der Waals surface area contributed by atoms with Crippen molar-refractivity contribution in [3.05, 3.63) is 113 Å². The van der Waals surface area contributed by atoms with Crippen LogP contribution in [0.4, 0.5) is 14.5 Å². The summed E-state index contributed by atoms with van der Waals surface area (Å²) in [6.45, 7) is 5.59. The number of hydrogen-bond acceptors (Lipinski definition) is 5. The van der Waals surface area contributed by atoms with Gasteiger partial charge in [-0.1, -0.05) is 48.9 Å². The summed E-state index contributed by atoms with van der Waals surface area (Å²) in [5.74, 6) is -2.44. The van der Waals surface area contributed by atoms with Crippen molar-refractivity contribution in [2.75, 3.05) is 12.4 Å². The van der Waals surface area contributed by atoms with Gasteiger partial charge in [-0.25, -0.2) is 4.39 Å². The standard InChI is InChI=1S/C32H30ClF2N3O2/c1-4-8-19(2)26(36)17-28(39)24-12-11-22(16-25(24)33)38-27-10-7-5-6-9-20-15-21(18-37-32(20)27)23-13-14-29(40-3)31(35)30(23)34/h4-6,9-14,16,18-19,36,38H,1,7-8,15,17H2,2-3H3/b6-5-,20-9-,27-10-,36-26?/t19-/m0/s1. The molecule has 40 heavy (non-hydrogen) atoms. The number of allylic oxidation sites excluding steroid dienone is 7. The number of hydrogen-bond donors (Lipinski definition) is 2. The molecule has 0 saturated carbocycles. The summed E-state index contributed by atoms with van der Waals surface area (Å²) in [5.41, 5.74) is 4.25. The van der Waals surface area contributed by atoms with Crippen molar-refractivity contribution in [1.29, 1.82) is 5.41 Å². The molecular formula is C32H30ClF2N3O2. The smallest absolute Gasteiger partial charge is 0.201 e. The second-order valence-corrected chi connectivity index (χ2v) is 10.0. The number of ether oxygens (including phenoxy) is 1. The minimum Gasteiger partial charge on any atom is -0.494 e.